The normalized spacial score (nSPS) is 15.1. The van der Waals surface area contributed by atoms with E-state index in [0.29, 0.717) is 0 Å². The second-order valence-corrected chi connectivity index (χ2v) is 7.59. The summed E-state index contributed by atoms with van der Waals surface area (Å²) in [4.78, 5) is 0. The molecule has 1 aromatic rings. The van der Waals surface area contributed by atoms with Crippen molar-refractivity contribution >= 4 is 40.9 Å². The Morgan fingerprint density at radius 1 is 1.06 bits per heavy atom. The molecule has 0 amide bonds. The average molecular weight is 308 g/mol. The van der Waals surface area contributed by atoms with E-state index in [1.54, 1.807) is 6.08 Å². The zero-order chi connectivity index (χ0) is 14.0. The Balaban J connectivity index is 2.79. The topological polar surface area (TPSA) is 20.2 Å². The van der Waals surface area contributed by atoms with Crippen molar-refractivity contribution in [3.05, 3.63) is 41.5 Å². The molecule has 1 N–H and O–H groups in total. The van der Waals surface area contributed by atoms with Gasteiger partial charge in [0, 0.05) is 0 Å². The molecular weight excluding hydrogens is 291 g/mol. The van der Waals surface area contributed by atoms with Crippen LogP contribution in [0, 0.1) is 0 Å². The summed E-state index contributed by atoms with van der Waals surface area (Å²) in [6, 6.07) is 8.06. The number of benzene rings is 1. The Morgan fingerprint density at radius 3 is 1.94 bits per heavy atom. The fraction of sp³-hybridized carbons (Fsp3) is 0.429. The zero-order valence-corrected chi connectivity index (χ0v) is 12.9. The van der Waals surface area contributed by atoms with Gasteiger partial charge in [-0.05, 0) is 16.5 Å². The van der Waals surface area contributed by atoms with Crippen LogP contribution in [0.1, 0.15) is 31.9 Å². The molecule has 0 fully saturated rings. The molecule has 1 unspecified atom stereocenters. The summed E-state index contributed by atoms with van der Waals surface area (Å²) in [6.45, 7) is 6.47. The van der Waals surface area contributed by atoms with Crippen LogP contribution >= 0.6 is 34.8 Å². The highest BCUT2D eigenvalue weighted by molar-refractivity contribution is 6.68. The van der Waals surface area contributed by atoms with Gasteiger partial charge in [0.2, 0.25) is 3.79 Å². The molecular formula is C14H17Cl3O. The SMILES string of the molecule is CC(C)(C)c1ccc(/C=C/C(O)C(Cl)(Cl)Cl)cc1. The van der Waals surface area contributed by atoms with Crippen molar-refractivity contribution in [3.8, 4) is 0 Å². The van der Waals surface area contributed by atoms with Crippen LogP contribution in [0.3, 0.4) is 0 Å². The van der Waals surface area contributed by atoms with E-state index in [1.807, 2.05) is 12.1 Å². The molecule has 0 bridgehead atoms. The zero-order valence-electron chi connectivity index (χ0n) is 10.6. The molecule has 1 aromatic carbocycles. The summed E-state index contributed by atoms with van der Waals surface area (Å²) in [5.74, 6) is 0. The molecule has 4 heteroatoms. The minimum atomic E-state index is -1.69. The number of hydrogen-bond acceptors (Lipinski definition) is 1. The second-order valence-electron chi connectivity index (χ2n) is 5.22. The molecule has 0 aliphatic rings. The van der Waals surface area contributed by atoms with E-state index < -0.39 is 9.90 Å². The predicted molar refractivity (Wildman–Crippen MR) is 80.5 cm³/mol. The van der Waals surface area contributed by atoms with Crippen molar-refractivity contribution in [2.75, 3.05) is 0 Å². The fourth-order valence-corrected chi connectivity index (χ4v) is 1.62. The van der Waals surface area contributed by atoms with Crippen molar-refractivity contribution in [2.45, 2.75) is 36.1 Å². The Morgan fingerprint density at radius 2 is 1.56 bits per heavy atom. The van der Waals surface area contributed by atoms with Crippen molar-refractivity contribution in [1.82, 2.24) is 0 Å². The molecule has 0 aliphatic carbocycles. The highest BCUT2D eigenvalue weighted by atomic mass is 35.6. The van der Waals surface area contributed by atoms with Gasteiger partial charge in [0.15, 0.2) is 0 Å². The largest absolute Gasteiger partial charge is 0.385 e. The first kappa shape index (κ1) is 15.8. The summed E-state index contributed by atoms with van der Waals surface area (Å²) in [6.07, 6.45) is 2.09. The molecule has 1 nitrogen and oxygen atoms in total. The highest BCUT2D eigenvalue weighted by Gasteiger charge is 2.28. The first-order valence-corrected chi connectivity index (χ1v) is 6.77. The Kier molecular flexibility index (Phi) is 5.13. The van der Waals surface area contributed by atoms with Crippen LogP contribution in [0.25, 0.3) is 6.08 Å². The van der Waals surface area contributed by atoms with Crippen molar-refractivity contribution in [1.29, 1.82) is 0 Å². The van der Waals surface area contributed by atoms with Crippen LogP contribution in [-0.4, -0.2) is 15.0 Å². The van der Waals surface area contributed by atoms with Crippen LogP contribution in [0.5, 0.6) is 0 Å². The molecule has 0 saturated heterocycles. The number of rotatable bonds is 2. The highest BCUT2D eigenvalue weighted by Crippen LogP contribution is 2.31. The number of halogens is 3. The summed E-state index contributed by atoms with van der Waals surface area (Å²) in [7, 11) is 0. The monoisotopic (exact) mass is 306 g/mol. The third-order valence-corrected chi connectivity index (χ3v) is 3.25. The first-order chi connectivity index (χ1) is 8.10. The van der Waals surface area contributed by atoms with Crippen LogP contribution in [-0.2, 0) is 5.41 Å². The maximum absolute atomic E-state index is 9.55. The van der Waals surface area contributed by atoms with Crippen LogP contribution in [0.4, 0.5) is 0 Å². The summed E-state index contributed by atoms with van der Waals surface area (Å²) in [5.41, 5.74) is 2.33. The van der Waals surface area contributed by atoms with Gasteiger partial charge in [-0.2, -0.15) is 0 Å². The molecule has 0 saturated carbocycles. The minimum absolute atomic E-state index is 0.124. The van der Waals surface area contributed by atoms with E-state index in [0.717, 1.165) is 5.56 Å². The molecule has 0 spiro atoms. The van der Waals surface area contributed by atoms with Gasteiger partial charge in [0.1, 0.15) is 6.10 Å². The number of alkyl halides is 3. The molecule has 100 valence electrons. The molecule has 0 radical (unpaired) electrons. The molecule has 0 aromatic heterocycles. The third-order valence-electron chi connectivity index (χ3n) is 2.58. The van der Waals surface area contributed by atoms with Gasteiger partial charge in [-0.3, -0.25) is 0 Å². The number of aliphatic hydroxyl groups excluding tert-OH is 1. The smallest absolute Gasteiger partial charge is 0.219 e. The fourth-order valence-electron chi connectivity index (χ4n) is 1.41. The number of aliphatic hydroxyl groups is 1. The van der Waals surface area contributed by atoms with Crippen molar-refractivity contribution < 1.29 is 5.11 Å². The van der Waals surface area contributed by atoms with E-state index in [2.05, 4.69) is 32.9 Å². The first-order valence-electron chi connectivity index (χ1n) is 5.64. The van der Waals surface area contributed by atoms with Crippen molar-refractivity contribution in [3.63, 3.8) is 0 Å². The van der Waals surface area contributed by atoms with Crippen LogP contribution in [0.15, 0.2) is 30.3 Å². The van der Waals surface area contributed by atoms with E-state index in [9.17, 15) is 5.11 Å². The third kappa shape index (κ3) is 4.81. The lowest BCUT2D eigenvalue weighted by Crippen LogP contribution is -2.22. The van der Waals surface area contributed by atoms with Gasteiger partial charge in [-0.1, -0.05) is 92.0 Å². The maximum Gasteiger partial charge on any atom is 0.219 e. The molecule has 0 heterocycles. The van der Waals surface area contributed by atoms with Gasteiger partial charge in [-0.15, -0.1) is 0 Å². The van der Waals surface area contributed by atoms with Crippen LogP contribution in [0.2, 0.25) is 0 Å². The van der Waals surface area contributed by atoms with Gasteiger partial charge >= 0.3 is 0 Å². The lowest BCUT2D eigenvalue weighted by atomic mass is 9.87. The lowest BCUT2D eigenvalue weighted by molar-refractivity contribution is 0.228. The van der Waals surface area contributed by atoms with E-state index in [1.165, 1.54) is 11.6 Å². The molecule has 1 atom stereocenters. The Bertz CT molecular complexity index is 410. The molecule has 1 rings (SSSR count). The minimum Gasteiger partial charge on any atom is -0.385 e. The second kappa shape index (κ2) is 5.83. The summed E-state index contributed by atoms with van der Waals surface area (Å²) in [5, 5.41) is 9.55. The summed E-state index contributed by atoms with van der Waals surface area (Å²) >= 11 is 16.7. The van der Waals surface area contributed by atoms with Crippen LogP contribution < -0.4 is 0 Å². The van der Waals surface area contributed by atoms with Gasteiger partial charge in [-0.25, -0.2) is 0 Å². The Hall–Kier alpha value is -0.210. The quantitative estimate of drug-likeness (QED) is 0.783. The molecule has 18 heavy (non-hydrogen) atoms. The van der Waals surface area contributed by atoms with Gasteiger partial charge in [0.05, 0.1) is 0 Å². The van der Waals surface area contributed by atoms with Crippen molar-refractivity contribution in [2.24, 2.45) is 0 Å². The van der Waals surface area contributed by atoms with E-state index in [4.69, 9.17) is 34.8 Å². The van der Waals surface area contributed by atoms with E-state index >= 15 is 0 Å². The van der Waals surface area contributed by atoms with Gasteiger partial charge < -0.3 is 5.11 Å². The van der Waals surface area contributed by atoms with E-state index in [-0.39, 0.29) is 5.41 Å². The Labute approximate surface area is 123 Å². The predicted octanol–water partition coefficient (Wildman–Crippen LogP) is 4.73. The molecule has 0 aliphatic heterocycles. The standard InChI is InChI=1S/C14H17Cl3O/c1-13(2,3)11-7-4-10(5-8-11)6-9-12(18)14(15,16)17/h4-9,12,18H,1-3H3/b9-6+. The average Bonchev–Trinajstić information content (AvgIpc) is 2.24. The lowest BCUT2D eigenvalue weighted by Gasteiger charge is -2.19. The number of hydrogen-bond donors (Lipinski definition) is 1. The summed E-state index contributed by atoms with van der Waals surface area (Å²) < 4.78 is -1.69. The maximum atomic E-state index is 9.55. The van der Waals surface area contributed by atoms with Gasteiger partial charge in [0.25, 0.3) is 0 Å².